The number of benzene rings is 1. The highest BCUT2D eigenvalue weighted by atomic mass is 16.7. The van der Waals surface area contributed by atoms with Crippen molar-refractivity contribution in [1.29, 1.82) is 0 Å². The Balaban J connectivity index is 1.27. The Bertz CT molecular complexity index is 1720. The molecule has 14 nitrogen and oxygen atoms in total. The van der Waals surface area contributed by atoms with Crippen molar-refractivity contribution < 1.29 is 33.5 Å². The maximum atomic E-state index is 14.7. The summed E-state index contributed by atoms with van der Waals surface area (Å²) in [5.74, 6) is -2.06. The number of hydrogen-bond acceptors (Lipinski definition) is 9. The van der Waals surface area contributed by atoms with E-state index in [1.807, 2.05) is 46.8 Å². The fraction of sp³-hybridized carbons (Fsp3) is 0.595. The van der Waals surface area contributed by atoms with E-state index in [0.29, 0.717) is 25.0 Å². The Hall–Kier alpha value is -4.75. The van der Waals surface area contributed by atoms with Crippen LogP contribution >= 0.6 is 0 Å². The third-order valence-corrected chi connectivity index (χ3v) is 10.6. The van der Waals surface area contributed by atoms with Gasteiger partial charge in [0, 0.05) is 49.2 Å². The Kier molecular flexibility index (Phi) is 9.73. The van der Waals surface area contributed by atoms with Crippen LogP contribution in [0.5, 0.6) is 5.75 Å². The van der Waals surface area contributed by atoms with Crippen LogP contribution in [0.15, 0.2) is 29.8 Å². The molecule has 14 heteroatoms. The quantitative estimate of drug-likeness (QED) is 0.243. The number of nitrogens with zero attached hydrogens (tertiary/aromatic N) is 3. The van der Waals surface area contributed by atoms with Gasteiger partial charge in [0.25, 0.3) is 5.91 Å². The smallest absolute Gasteiger partial charge is 0.289 e. The monoisotopic (exact) mass is 703 g/mol. The van der Waals surface area contributed by atoms with Gasteiger partial charge in [-0.2, -0.15) is 0 Å². The van der Waals surface area contributed by atoms with Crippen LogP contribution in [-0.4, -0.2) is 94.4 Å². The maximum Gasteiger partial charge on any atom is 0.289 e. The second kappa shape index (κ2) is 13.8. The molecule has 2 aliphatic heterocycles. The van der Waals surface area contributed by atoms with Crippen molar-refractivity contribution in [2.75, 3.05) is 20.7 Å². The molecule has 4 aliphatic rings. The zero-order valence-electron chi connectivity index (χ0n) is 30.4. The minimum absolute atomic E-state index is 0.00857. The van der Waals surface area contributed by atoms with Crippen LogP contribution in [-0.2, 0) is 28.8 Å². The molecule has 1 saturated heterocycles. The largest absolute Gasteiger partial charge is 0.496 e. The first-order valence-corrected chi connectivity index (χ1v) is 17.7. The van der Waals surface area contributed by atoms with E-state index in [1.54, 1.807) is 19.6 Å². The predicted molar refractivity (Wildman–Crippen MR) is 187 cm³/mol. The van der Waals surface area contributed by atoms with E-state index in [1.165, 1.54) is 11.9 Å². The summed E-state index contributed by atoms with van der Waals surface area (Å²) in [6.45, 7) is 9.54. The van der Waals surface area contributed by atoms with Gasteiger partial charge >= 0.3 is 0 Å². The summed E-state index contributed by atoms with van der Waals surface area (Å²) in [4.78, 5) is 82.7. The van der Waals surface area contributed by atoms with Gasteiger partial charge in [-0.1, -0.05) is 38.8 Å². The minimum atomic E-state index is -1.05. The number of likely N-dealkylation sites (tertiary alicyclic amines) is 1. The average molecular weight is 704 g/mol. The third-order valence-electron chi connectivity index (χ3n) is 10.6. The molecule has 2 saturated carbocycles. The molecule has 3 heterocycles. The van der Waals surface area contributed by atoms with Gasteiger partial charge in [-0.15, -0.1) is 0 Å². The number of methoxy groups -OCH3 is 1. The molecule has 1 aromatic carbocycles. The number of hydrogen-bond donors (Lipinski definition) is 4. The zero-order chi connectivity index (χ0) is 36.8. The molecule has 6 rings (SSSR count). The number of nitrogens with one attached hydrogen (secondary N) is 4. The van der Waals surface area contributed by atoms with Crippen molar-refractivity contribution >= 4 is 35.1 Å². The highest BCUT2D eigenvalue weighted by Crippen LogP contribution is 2.47. The van der Waals surface area contributed by atoms with Crippen molar-refractivity contribution in [3.05, 3.63) is 47.0 Å². The molecule has 4 N–H and O–H groups in total. The van der Waals surface area contributed by atoms with Crippen molar-refractivity contribution in [2.45, 2.75) is 103 Å². The lowest BCUT2D eigenvalue weighted by Gasteiger charge is -2.35. The lowest BCUT2D eigenvalue weighted by molar-refractivity contribution is -0.145. The topological polar surface area (TPSA) is 184 Å². The Morgan fingerprint density at radius 2 is 1.80 bits per heavy atom. The van der Waals surface area contributed by atoms with Gasteiger partial charge in [-0.3, -0.25) is 24.0 Å². The number of Topliss-reactive ketones (excluding diaryl/α,β-unsaturated/α-hetero) is 1. The molecule has 274 valence electrons. The summed E-state index contributed by atoms with van der Waals surface area (Å²) in [5, 5.41) is 12.7. The molecule has 51 heavy (non-hydrogen) atoms. The Labute approximate surface area is 297 Å². The SMILES string of the molecule is CNC(=O)C(=O)[C@H](CC1CC1)NC(=O)[C@@H]1C[C@]2(CC(c3cc(C)c(OC)c(C)c3)=NO2)CN1C(=O)[C@@H](NC(=O)[C@H]1C[C@@H]1c1cnc[nH]1)C(C)(C)C. The van der Waals surface area contributed by atoms with E-state index in [2.05, 4.69) is 31.1 Å². The maximum absolute atomic E-state index is 14.7. The second-order valence-corrected chi connectivity index (χ2v) is 15.8. The summed E-state index contributed by atoms with van der Waals surface area (Å²) < 4.78 is 5.54. The standard InChI is InChI=1S/C37H49N7O7/c1-19-10-22(11-20(2)30(19)50-7)26-14-37(51-43-26)15-28(33(47)41-25(12-21-8-9-21)29(45)34(48)38-6)44(17-37)35(49)31(36(3,4)5)42-32(46)24-13-23(24)27-16-39-18-40-27/h10-11,16,18,21,23-25,28,31H,8-9,12-15,17H2,1-7H3,(H,38,48)(H,39,40)(H,41,47)(H,42,46)/t23-,24-,25-,28-,31+,37+/m0/s1. The number of carbonyl (C=O) groups excluding carboxylic acids is 5. The lowest BCUT2D eigenvalue weighted by Crippen LogP contribution is -2.59. The Morgan fingerprint density at radius 3 is 2.39 bits per heavy atom. The number of likely N-dealkylation sites (N-methyl/N-ethyl adjacent to an activating group) is 1. The van der Waals surface area contributed by atoms with Crippen molar-refractivity contribution in [3.8, 4) is 5.75 Å². The van der Waals surface area contributed by atoms with E-state index < -0.39 is 52.6 Å². The van der Waals surface area contributed by atoms with E-state index in [4.69, 9.17) is 9.57 Å². The van der Waals surface area contributed by atoms with Gasteiger partial charge in [0.2, 0.25) is 23.5 Å². The molecule has 0 bridgehead atoms. The summed E-state index contributed by atoms with van der Waals surface area (Å²) in [5.41, 5.74) is 2.53. The number of ether oxygens (including phenoxy) is 1. The van der Waals surface area contributed by atoms with Crippen LogP contribution in [0.4, 0.5) is 0 Å². The molecule has 1 aromatic heterocycles. The number of H-pyrrole nitrogens is 1. The molecule has 1 spiro atoms. The molecule has 2 aliphatic carbocycles. The molecule has 6 atom stereocenters. The number of aryl methyl sites for hydroxylation is 2. The van der Waals surface area contributed by atoms with Gasteiger partial charge in [-0.25, -0.2) is 4.98 Å². The number of rotatable bonds is 12. The molecule has 4 amide bonds. The van der Waals surface area contributed by atoms with Crippen LogP contribution < -0.4 is 20.7 Å². The van der Waals surface area contributed by atoms with Gasteiger partial charge in [-0.05, 0) is 61.3 Å². The summed E-state index contributed by atoms with van der Waals surface area (Å²) in [7, 11) is 3.00. The molecule has 0 radical (unpaired) electrons. The fourth-order valence-corrected chi connectivity index (χ4v) is 7.55. The van der Waals surface area contributed by atoms with E-state index in [0.717, 1.165) is 41.0 Å². The Morgan fingerprint density at radius 1 is 1.10 bits per heavy atom. The normalized spacial score (nSPS) is 25.0. The van der Waals surface area contributed by atoms with Crippen LogP contribution in [0, 0.1) is 31.1 Å². The third kappa shape index (κ3) is 7.50. The van der Waals surface area contributed by atoms with Crippen LogP contribution in [0.3, 0.4) is 0 Å². The first kappa shape index (κ1) is 36.1. The van der Waals surface area contributed by atoms with Gasteiger partial charge in [0.15, 0.2) is 5.60 Å². The zero-order valence-corrected chi connectivity index (χ0v) is 30.4. The van der Waals surface area contributed by atoms with Crippen LogP contribution in [0.1, 0.15) is 87.6 Å². The van der Waals surface area contributed by atoms with Gasteiger partial charge in [0.1, 0.15) is 17.8 Å². The molecular formula is C37H49N7O7. The van der Waals surface area contributed by atoms with Crippen LogP contribution in [0.2, 0.25) is 0 Å². The molecule has 3 fully saturated rings. The minimum Gasteiger partial charge on any atom is -0.496 e. The number of amides is 4. The number of carbonyl (C=O) groups is 5. The molecule has 0 unspecified atom stereocenters. The summed E-state index contributed by atoms with van der Waals surface area (Å²) in [6, 6.07) is 0.892. The highest BCUT2D eigenvalue weighted by Gasteiger charge is 2.56. The number of aromatic nitrogens is 2. The van der Waals surface area contributed by atoms with Crippen molar-refractivity contribution in [2.24, 2.45) is 22.4 Å². The average Bonchev–Trinajstić information content (AvgIpc) is 3.92. The first-order chi connectivity index (χ1) is 24.1. The number of oxime groups is 1. The van der Waals surface area contributed by atoms with E-state index in [9.17, 15) is 24.0 Å². The van der Waals surface area contributed by atoms with Crippen molar-refractivity contribution in [3.63, 3.8) is 0 Å². The van der Waals surface area contributed by atoms with E-state index >= 15 is 0 Å². The van der Waals surface area contributed by atoms with Crippen LogP contribution in [0.25, 0.3) is 0 Å². The molecule has 2 aromatic rings. The summed E-state index contributed by atoms with van der Waals surface area (Å²) in [6.07, 6.45) is 6.51. The second-order valence-electron chi connectivity index (χ2n) is 15.8. The fourth-order valence-electron chi connectivity index (χ4n) is 7.55. The number of imidazole rings is 1. The highest BCUT2D eigenvalue weighted by molar-refractivity contribution is 6.38. The molecular weight excluding hydrogens is 654 g/mol. The summed E-state index contributed by atoms with van der Waals surface area (Å²) >= 11 is 0. The predicted octanol–water partition coefficient (Wildman–Crippen LogP) is 2.43. The first-order valence-electron chi connectivity index (χ1n) is 17.7. The lowest BCUT2D eigenvalue weighted by atomic mass is 9.85. The van der Waals surface area contributed by atoms with Gasteiger partial charge in [0.05, 0.1) is 31.7 Å². The number of aromatic amines is 1. The van der Waals surface area contributed by atoms with Crippen molar-refractivity contribution in [1.82, 2.24) is 30.8 Å². The number of ketones is 1. The van der Waals surface area contributed by atoms with Gasteiger partial charge < -0.3 is 35.4 Å². The van der Waals surface area contributed by atoms with E-state index in [-0.39, 0.29) is 36.6 Å².